The van der Waals surface area contributed by atoms with Gasteiger partial charge < -0.3 is 5.32 Å². The highest BCUT2D eigenvalue weighted by Gasteiger charge is 2.35. The van der Waals surface area contributed by atoms with Gasteiger partial charge >= 0.3 is 0 Å². The van der Waals surface area contributed by atoms with Gasteiger partial charge in [-0.3, -0.25) is 0 Å². The minimum absolute atomic E-state index is 0.311. The standard InChI is InChI=1S/C13H17NO2S/c15-17(16)8-6-11(10-5-7-14-9-10)12-3-1-2-4-13(12)17/h1-4,10-11,14H,5-9H2. The predicted molar refractivity (Wildman–Crippen MR) is 66.8 cm³/mol. The topological polar surface area (TPSA) is 46.2 Å². The van der Waals surface area contributed by atoms with E-state index in [0.29, 0.717) is 22.5 Å². The van der Waals surface area contributed by atoms with Gasteiger partial charge in [-0.25, -0.2) is 8.42 Å². The normalized spacial score (nSPS) is 31.1. The van der Waals surface area contributed by atoms with Crippen LogP contribution in [0.15, 0.2) is 29.2 Å². The molecule has 0 spiro atoms. The maximum Gasteiger partial charge on any atom is 0.178 e. The van der Waals surface area contributed by atoms with Crippen LogP contribution in [0.4, 0.5) is 0 Å². The Morgan fingerprint density at radius 2 is 2.00 bits per heavy atom. The predicted octanol–water partition coefficient (Wildman–Crippen LogP) is 1.56. The molecule has 3 nitrogen and oxygen atoms in total. The summed E-state index contributed by atoms with van der Waals surface area (Å²) in [5, 5.41) is 3.37. The quantitative estimate of drug-likeness (QED) is 0.824. The molecular formula is C13H17NO2S. The van der Waals surface area contributed by atoms with Gasteiger partial charge in [0.25, 0.3) is 0 Å². The first-order chi connectivity index (χ1) is 8.18. The van der Waals surface area contributed by atoms with E-state index in [1.807, 2.05) is 18.2 Å². The second kappa shape index (κ2) is 4.10. The molecule has 2 unspecified atom stereocenters. The van der Waals surface area contributed by atoms with E-state index in [-0.39, 0.29) is 0 Å². The van der Waals surface area contributed by atoms with Crippen molar-refractivity contribution in [3.8, 4) is 0 Å². The Hall–Kier alpha value is -0.870. The molecule has 1 N–H and O–H groups in total. The molecule has 0 aromatic heterocycles. The summed E-state index contributed by atoms with van der Waals surface area (Å²) in [4.78, 5) is 0.572. The second-order valence-electron chi connectivity index (χ2n) is 5.00. The number of rotatable bonds is 1. The summed E-state index contributed by atoms with van der Waals surface area (Å²) in [7, 11) is -3.02. The maximum absolute atomic E-state index is 12.0. The number of sulfone groups is 1. The molecule has 1 fully saturated rings. The SMILES string of the molecule is O=S1(=O)CCC(C2CCNC2)c2ccccc21. The number of fused-ring (bicyclic) bond motifs is 1. The van der Waals surface area contributed by atoms with E-state index in [4.69, 9.17) is 0 Å². The molecule has 0 aliphatic carbocycles. The van der Waals surface area contributed by atoms with Crippen LogP contribution in [0, 0.1) is 5.92 Å². The first-order valence-electron chi connectivity index (χ1n) is 6.21. The van der Waals surface area contributed by atoms with E-state index in [1.165, 1.54) is 6.42 Å². The lowest BCUT2D eigenvalue weighted by Gasteiger charge is -2.29. The summed E-state index contributed by atoms with van der Waals surface area (Å²) in [5.41, 5.74) is 1.05. The minimum atomic E-state index is -3.02. The van der Waals surface area contributed by atoms with Crippen LogP contribution < -0.4 is 5.32 Å². The number of benzene rings is 1. The van der Waals surface area contributed by atoms with Gasteiger partial charge in [-0.15, -0.1) is 0 Å². The molecule has 17 heavy (non-hydrogen) atoms. The molecule has 2 aliphatic rings. The van der Waals surface area contributed by atoms with E-state index in [2.05, 4.69) is 5.32 Å². The van der Waals surface area contributed by atoms with Crippen LogP contribution in [-0.4, -0.2) is 27.3 Å². The Bertz CT molecular complexity index is 518. The molecule has 1 aromatic carbocycles. The minimum Gasteiger partial charge on any atom is -0.316 e. The Labute approximate surface area is 102 Å². The summed E-state index contributed by atoms with van der Waals surface area (Å²) in [6, 6.07) is 7.54. The molecule has 92 valence electrons. The van der Waals surface area contributed by atoms with Crippen LogP contribution in [0.1, 0.15) is 24.3 Å². The maximum atomic E-state index is 12.0. The van der Waals surface area contributed by atoms with Gasteiger partial charge in [-0.1, -0.05) is 18.2 Å². The molecule has 1 saturated heterocycles. The molecule has 2 aliphatic heterocycles. The van der Waals surface area contributed by atoms with Gasteiger partial charge in [0.05, 0.1) is 10.6 Å². The van der Waals surface area contributed by atoms with E-state index in [9.17, 15) is 8.42 Å². The van der Waals surface area contributed by atoms with E-state index < -0.39 is 9.84 Å². The number of hydrogen-bond donors (Lipinski definition) is 1. The molecule has 2 heterocycles. The molecular weight excluding hydrogens is 234 g/mol. The molecule has 4 heteroatoms. The van der Waals surface area contributed by atoms with Crippen molar-refractivity contribution in [1.82, 2.24) is 5.32 Å². The summed E-state index contributed by atoms with van der Waals surface area (Å²) in [5.74, 6) is 1.34. The van der Waals surface area contributed by atoms with E-state index >= 15 is 0 Å². The summed E-state index contributed by atoms with van der Waals surface area (Å²) in [6.45, 7) is 2.09. The smallest absolute Gasteiger partial charge is 0.178 e. The van der Waals surface area contributed by atoms with E-state index in [1.54, 1.807) is 6.07 Å². The fraction of sp³-hybridized carbons (Fsp3) is 0.538. The summed E-state index contributed by atoms with van der Waals surface area (Å²) < 4.78 is 24.0. The lowest BCUT2D eigenvalue weighted by Crippen LogP contribution is -2.26. The van der Waals surface area contributed by atoms with Gasteiger partial charge in [0, 0.05) is 0 Å². The highest BCUT2D eigenvalue weighted by atomic mass is 32.2. The zero-order valence-corrected chi connectivity index (χ0v) is 10.5. The van der Waals surface area contributed by atoms with Gasteiger partial charge in [0.15, 0.2) is 9.84 Å². The Morgan fingerprint density at radius 3 is 2.76 bits per heavy atom. The van der Waals surface area contributed by atoms with Crippen LogP contribution >= 0.6 is 0 Å². The highest BCUT2D eigenvalue weighted by molar-refractivity contribution is 7.91. The van der Waals surface area contributed by atoms with Crippen molar-refractivity contribution in [3.05, 3.63) is 29.8 Å². The Balaban J connectivity index is 2.05. The van der Waals surface area contributed by atoms with Gasteiger partial charge in [-0.05, 0) is 49.4 Å². The largest absolute Gasteiger partial charge is 0.316 e. The third-order valence-corrected chi connectivity index (χ3v) is 5.83. The molecule has 0 bridgehead atoms. The first-order valence-corrected chi connectivity index (χ1v) is 7.86. The van der Waals surface area contributed by atoms with Crippen molar-refractivity contribution in [1.29, 1.82) is 0 Å². The Morgan fingerprint density at radius 1 is 1.18 bits per heavy atom. The van der Waals surface area contributed by atoms with Crippen molar-refractivity contribution < 1.29 is 8.42 Å². The van der Waals surface area contributed by atoms with Crippen molar-refractivity contribution in [2.24, 2.45) is 5.92 Å². The van der Waals surface area contributed by atoms with Crippen molar-refractivity contribution >= 4 is 9.84 Å². The first kappa shape index (κ1) is 11.2. The molecule has 3 rings (SSSR count). The van der Waals surface area contributed by atoms with Gasteiger partial charge in [0.2, 0.25) is 0 Å². The lowest BCUT2D eigenvalue weighted by molar-refractivity contribution is 0.431. The van der Waals surface area contributed by atoms with Crippen molar-refractivity contribution in [3.63, 3.8) is 0 Å². The van der Waals surface area contributed by atoms with Crippen LogP contribution in [0.2, 0.25) is 0 Å². The van der Waals surface area contributed by atoms with E-state index in [0.717, 1.165) is 25.1 Å². The van der Waals surface area contributed by atoms with Crippen LogP contribution in [0.5, 0.6) is 0 Å². The third-order valence-electron chi connectivity index (χ3n) is 4.02. The fourth-order valence-corrected chi connectivity index (χ4v) is 4.78. The average molecular weight is 251 g/mol. The number of nitrogens with one attached hydrogen (secondary N) is 1. The summed E-state index contributed by atoms with van der Waals surface area (Å²) >= 11 is 0. The fourth-order valence-electron chi connectivity index (χ4n) is 3.13. The number of hydrogen-bond acceptors (Lipinski definition) is 3. The van der Waals surface area contributed by atoms with Crippen LogP contribution in [0.25, 0.3) is 0 Å². The second-order valence-corrected chi connectivity index (χ2v) is 7.08. The van der Waals surface area contributed by atoms with Gasteiger partial charge in [0.1, 0.15) is 0 Å². The monoisotopic (exact) mass is 251 g/mol. The van der Waals surface area contributed by atoms with Gasteiger partial charge in [-0.2, -0.15) is 0 Å². The Kier molecular flexibility index (Phi) is 2.71. The van der Waals surface area contributed by atoms with Crippen molar-refractivity contribution in [2.45, 2.75) is 23.7 Å². The lowest BCUT2D eigenvalue weighted by atomic mass is 9.83. The van der Waals surface area contributed by atoms with Crippen LogP contribution in [-0.2, 0) is 9.84 Å². The molecule has 0 amide bonds. The molecule has 0 saturated carbocycles. The van der Waals surface area contributed by atoms with Crippen molar-refractivity contribution in [2.75, 3.05) is 18.8 Å². The molecule has 2 atom stereocenters. The zero-order valence-electron chi connectivity index (χ0n) is 9.72. The van der Waals surface area contributed by atoms with Crippen LogP contribution in [0.3, 0.4) is 0 Å². The molecule has 0 radical (unpaired) electrons. The zero-order chi connectivity index (χ0) is 11.9. The average Bonchev–Trinajstić information content (AvgIpc) is 2.83. The third kappa shape index (κ3) is 1.89. The highest BCUT2D eigenvalue weighted by Crippen LogP contribution is 2.40. The summed E-state index contributed by atoms with van der Waals surface area (Å²) in [6.07, 6.45) is 1.95. The molecule has 1 aromatic rings.